The van der Waals surface area contributed by atoms with Gasteiger partial charge in [-0.1, -0.05) is 30.2 Å². The molecule has 0 bridgehead atoms. The van der Waals surface area contributed by atoms with Crippen molar-refractivity contribution >= 4 is 28.4 Å². The van der Waals surface area contributed by atoms with Crippen molar-refractivity contribution in [3.63, 3.8) is 0 Å². The number of aromatic nitrogens is 2. The number of carbonyl (C=O) groups is 1. The molecular formula is C24H21ClFN3O4. The number of halogens is 2. The van der Waals surface area contributed by atoms with Crippen molar-refractivity contribution < 1.29 is 13.6 Å². The van der Waals surface area contributed by atoms with E-state index in [0.29, 0.717) is 11.3 Å². The number of rotatable bonds is 6. The molecule has 1 N–H and O–H groups in total. The van der Waals surface area contributed by atoms with E-state index < -0.39 is 29.0 Å². The highest BCUT2D eigenvalue weighted by Crippen LogP contribution is 2.21. The third-order valence-electron chi connectivity index (χ3n) is 5.42. The van der Waals surface area contributed by atoms with Crippen LogP contribution in [0.4, 0.5) is 4.39 Å². The fourth-order valence-electron chi connectivity index (χ4n) is 3.79. The Kier molecular flexibility index (Phi) is 6.20. The number of fused-ring (bicyclic) bond motifs is 1. The van der Waals surface area contributed by atoms with Crippen molar-refractivity contribution in [3.8, 4) is 5.69 Å². The van der Waals surface area contributed by atoms with Crippen molar-refractivity contribution in [1.82, 2.24) is 14.5 Å². The van der Waals surface area contributed by atoms with E-state index in [9.17, 15) is 18.8 Å². The minimum absolute atomic E-state index is 0.111. The molecule has 0 saturated heterocycles. The van der Waals surface area contributed by atoms with Crippen molar-refractivity contribution in [2.24, 2.45) is 0 Å². The van der Waals surface area contributed by atoms with Crippen LogP contribution in [0.1, 0.15) is 30.7 Å². The van der Waals surface area contributed by atoms with E-state index in [-0.39, 0.29) is 29.1 Å². The third kappa shape index (κ3) is 4.21. The van der Waals surface area contributed by atoms with Crippen LogP contribution in [-0.4, -0.2) is 15.0 Å². The van der Waals surface area contributed by atoms with Gasteiger partial charge in [0.15, 0.2) is 0 Å². The second kappa shape index (κ2) is 9.07. The Morgan fingerprint density at radius 3 is 2.64 bits per heavy atom. The number of amides is 1. The van der Waals surface area contributed by atoms with Crippen LogP contribution in [0.25, 0.3) is 16.6 Å². The second-order valence-corrected chi connectivity index (χ2v) is 8.04. The molecule has 1 amide bonds. The summed E-state index contributed by atoms with van der Waals surface area (Å²) in [6, 6.07) is 11.2. The summed E-state index contributed by atoms with van der Waals surface area (Å²) in [7, 11) is 0. The standard InChI is InChI=1S/C24H21ClFN3O4/c1-3-20(22(30)27-13-16-5-4-10-33-16)29-21-9-6-14(2)11-17(21)23(31)28(24(29)32)15-7-8-19(26)18(25)12-15/h4-12,20H,3,13H2,1-2H3,(H,27,30)/t20-/m0/s1. The lowest BCUT2D eigenvalue weighted by atomic mass is 10.1. The predicted octanol–water partition coefficient (Wildman–Crippen LogP) is 4.11. The number of benzene rings is 2. The summed E-state index contributed by atoms with van der Waals surface area (Å²) in [6.07, 6.45) is 1.79. The topological polar surface area (TPSA) is 86.2 Å². The summed E-state index contributed by atoms with van der Waals surface area (Å²) >= 11 is 5.91. The van der Waals surface area contributed by atoms with E-state index >= 15 is 0 Å². The largest absolute Gasteiger partial charge is 0.467 e. The fraction of sp³-hybridized carbons (Fsp3) is 0.208. The van der Waals surface area contributed by atoms with Crippen LogP contribution >= 0.6 is 11.6 Å². The molecule has 0 fully saturated rings. The van der Waals surface area contributed by atoms with Crippen LogP contribution in [-0.2, 0) is 11.3 Å². The quantitative estimate of drug-likeness (QED) is 0.460. The molecule has 2 aromatic carbocycles. The average Bonchev–Trinajstić information content (AvgIpc) is 3.31. The zero-order valence-electron chi connectivity index (χ0n) is 18.0. The Hall–Kier alpha value is -3.65. The number of carbonyl (C=O) groups excluding carboxylic acids is 1. The molecule has 0 spiro atoms. The molecule has 2 aromatic heterocycles. The molecule has 0 radical (unpaired) electrons. The van der Waals surface area contributed by atoms with Gasteiger partial charge in [-0.2, -0.15) is 0 Å². The molecule has 1 atom stereocenters. The summed E-state index contributed by atoms with van der Waals surface area (Å²) in [5.74, 6) is -0.508. The van der Waals surface area contributed by atoms with E-state index in [0.717, 1.165) is 16.2 Å². The van der Waals surface area contributed by atoms with Crippen molar-refractivity contribution in [1.29, 1.82) is 0 Å². The first kappa shape index (κ1) is 22.5. The molecule has 0 aliphatic heterocycles. The first-order chi connectivity index (χ1) is 15.8. The minimum Gasteiger partial charge on any atom is -0.467 e. The molecular weight excluding hydrogens is 449 g/mol. The Morgan fingerprint density at radius 2 is 1.97 bits per heavy atom. The molecule has 4 rings (SSSR count). The van der Waals surface area contributed by atoms with Crippen molar-refractivity contribution in [2.45, 2.75) is 32.9 Å². The smallest absolute Gasteiger partial charge is 0.336 e. The van der Waals surface area contributed by atoms with Crippen LogP contribution in [0.5, 0.6) is 0 Å². The minimum atomic E-state index is -0.902. The highest BCUT2D eigenvalue weighted by molar-refractivity contribution is 6.30. The lowest BCUT2D eigenvalue weighted by molar-refractivity contribution is -0.124. The SMILES string of the molecule is CC[C@@H](C(=O)NCc1ccco1)n1c(=O)n(-c2ccc(F)c(Cl)c2)c(=O)c2cc(C)ccc21. The molecule has 4 aromatic rings. The van der Waals surface area contributed by atoms with Gasteiger partial charge < -0.3 is 9.73 Å². The molecule has 0 aliphatic rings. The molecule has 7 nitrogen and oxygen atoms in total. The van der Waals surface area contributed by atoms with E-state index in [1.807, 2.05) is 6.92 Å². The molecule has 170 valence electrons. The summed E-state index contributed by atoms with van der Waals surface area (Å²) in [6.45, 7) is 3.75. The second-order valence-electron chi connectivity index (χ2n) is 7.63. The van der Waals surface area contributed by atoms with Gasteiger partial charge in [-0.15, -0.1) is 0 Å². The predicted molar refractivity (Wildman–Crippen MR) is 123 cm³/mol. The number of hydrogen-bond acceptors (Lipinski definition) is 4. The lowest BCUT2D eigenvalue weighted by Crippen LogP contribution is -2.44. The van der Waals surface area contributed by atoms with Gasteiger partial charge in [0, 0.05) is 0 Å². The number of furan rings is 1. The Labute approximate surface area is 193 Å². The fourth-order valence-corrected chi connectivity index (χ4v) is 3.97. The lowest BCUT2D eigenvalue weighted by Gasteiger charge is -2.21. The zero-order chi connectivity index (χ0) is 23.7. The zero-order valence-corrected chi connectivity index (χ0v) is 18.7. The van der Waals surface area contributed by atoms with Gasteiger partial charge in [-0.25, -0.2) is 13.8 Å². The van der Waals surface area contributed by atoms with E-state index in [2.05, 4.69) is 5.32 Å². The highest BCUT2D eigenvalue weighted by Gasteiger charge is 2.25. The monoisotopic (exact) mass is 469 g/mol. The van der Waals surface area contributed by atoms with Gasteiger partial charge in [0.05, 0.1) is 34.4 Å². The number of aryl methyl sites for hydroxylation is 1. The van der Waals surface area contributed by atoms with Crippen LogP contribution in [0.3, 0.4) is 0 Å². The molecule has 0 saturated carbocycles. The highest BCUT2D eigenvalue weighted by atomic mass is 35.5. The third-order valence-corrected chi connectivity index (χ3v) is 5.71. The number of hydrogen-bond donors (Lipinski definition) is 1. The van der Waals surface area contributed by atoms with Gasteiger partial charge in [0.25, 0.3) is 5.56 Å². The summed E-state index contributed by atoms with van der Waals surface area (Å²) in [4.78, 5) is 40.0. The molecule has 2 heterocycles. The summed E-state index contributed by atoms with van der Waals surface area (Å²) < 4.78 is 21.2. The first-order valence-corrected chi connectivity index (χ1v) is 10.7. The van der Waals surface area contributed by atoms with E-state index in [4.69, 9.17) is 16.0 Å². The van der Waals surface area contributed by atoms with Gasteiger partial charge in [0.2, 0.25) is 5.91 Å². The van der Waals surface area contributed by atoms with Gasteiger partial charge in [-0.3, -0.25) is 14.2 Å². The normalized spacial score (nSPS) is 12.1. The average molecular weight is 470 g/mol. The van der Waals surface area contributed by atoms with Gasteiger partial charge in [-0.05, 0) is 55.8 Å². The molecule has 0 unspecified atom stereocenters. The van der Waals surface area contributed by atoms with E-state index in [1.54, 1.807) is 37.3 Å². The van der Waals surface area contributed by atoms with Crippen LogP contribution in [0.15, 0.2) is 68.8 Å². The first-order valence-electron chi connectivity index (χ1n) is 10.3. The summed E-state index contributed by atoms with van der Waals surface area (Å²) in [5, 5.41) is 2.81. The van der Waals surface area contributed by atoms with Gasteiger partial charge in [0.1, 0.15) is 17.6 Å². The molecule has 9 heteroatoms. The van der Waals surface area contributed by atoms with Crippen molar-refractivity contribution in [3.05, 3.63) is 97.8 Å². The summed E-state index contributed by atoms with van der Waals surface area (Å²) in [5.41, 5.74) is -0.0502. The number of nitrogens with one attached hydrogen (secondary N) is 1. The molecule has 33 heavy (non-hydrogen) atoms. The number of nitrogens with zero attached hydrogens (tertiary/aromatic N) is 2. The van der Waals surface area contributed by atoms with Crippen LogP contribution in [0, 0.1) is 12.7 Å². The van der Waals surface area contributed by atoms with Crippen molar-refractivity contribution in [2.75, 3.05) is 0 Å². The maximum atomic E-state index is 13.7. The Bertz CT molecular complexity index is 1460. The van der Waals surface area contributed by atoms with Crippen LogP contribution in [0.2, 0.25) is 5.02 Å². The molecule has 0 aliphatic carbocycles. The van der Waals surface area contributed by atoms with Gasteiger partial charge >= 0.3 is 5.69 Å². The maximum Gasteiger partial charge on any atom is 0.336 e. The maximum absolute atomic E-state index is 13.7. The van der Waals surface area contributed by atoms with E-state index in [1.165, 1.54) is 23.0 Å². The van der Waals surface area contributed by atoms with Crippen LogP contribution < -0.4 is 16.6 Å². The Morgan fingerprint density at radius 1 is 1.18 bits per heavy atom. The Balaban J connectivity index is 1.92.